The number of likely N-dealkylation sites (N-methyl/N-ethyl adjacent to an activating group) is 1. The molecule has 1 heterocycles. The lowest BCUT2D eigenvalue weighted by Crippen LogP contribution is -2.40. The van der Waals surface area contributed by atoms with E-state index in [1.165, 1.54) is 4.90 Å². The predicted molar refractivity (Wildman–Crippen MR) is 66.3 cm³/mol. The number of halogens is 2. The zero-order valence-electron chi connectivity index (χ0n) is 9.20. The summed E-state index contributed by atoms with van der Waals surface area (Å²) in [7, 11) is 1.65. The van der Waals surface area contributed by atoms with Crippen molar-refractivity contribution in [3.63, 3.8) is 0 Å². The summed E-state index contributed by atoms with van der Waals surface area (Å²) in [6.45, 7) is 0.325. The molecule has 0 saturated carbocycles. The van der Waals surface area contributed by atoms with Crippen molar-refractivity contribution in [2.75, 3.05) is 7.05 Å². The number of rotatable bonds is 0. The van der Waals surface area contributed by atoms with Gasteiger partial charge in [-0.2, -0.15) is 0 Å². The van der Waals surface area contributed by atoms with Crippen molar-refractivity contribution in [2.24, 2.45) is 5.73 Å². The number of phenols is 1. The number of benzene rings is 1. The van der Waals surface area contributed by atoms with Gasteiger partial charge >= 0.3 is 0 Å². The molecule has 1 atom stereocenters. The van der Waals surface area contributed by atoms with Crippen molar-refractivity contribution in [2.45, 2.75) is 19.0 Å². The predicted octanol–water partition coefficient (Wildman–Crippen LogP) is 1.54. The van der Waals surface area contributed by atoms with E-state index >= 15 is 0 Å². The molecular weight excluding hydrogens is 263 g/mol. The smallest absolute Gasteiger partial charge is 0.239 e. The number of aromatic hydroxyl groups is 1. The fourth-order valence-corrected chi connectivity index (χ4v) is 2.53. The first-order valence-corrected chi connectivity index (χ1v) is 5.86. The second kappa shape index (κ2) is 4.37. The highest BCUT2D eigenvalue weighted by Crippen LogP contribution is 2.38. The zero-order chi connectivity index (χ0) is 12.7. The fraction of sp³-hybridized carbons (Fsp3) is 0.364. The molecule has 1 amide bonds. The van der Waals surface area contributed by atoms with E-state index in [4.69, 9.17) is 28.9 Å². The van der Waals surface area contributed by atoms with Gasteiger partial charge in [0.05, 0.1) is 16.1 Å². The van der Waals surface area contributed by atoms with Crippen LogP contribution in [-0.4, -0.2) is 29.0 Å². The summed E-state index contributed by atoms with van der Waals surface area (Å²) in [6.07, 6.45) is 0.373. The molecule has 2 rings (SSSR count). The molecule has 6 heteroatoms. The van der Waals surface area contributed by atoms with Gasteiger partial charge in [0.25, 0.3) is 0 Å². The molecule has 3 N–H and O–H groups in total. The Kier molecular flexibility index (Phi) is 3.21. The molecular formula is C11H12Cl2N2O2. The Hall–Kier alpha value is -0.970. The molecule has 0 aromatic heterocycles. The second-order valence-electron chi connectivity index (χ2n) is 4.16. The maximum absolute atomic E-state index is 11.8. The Balaban J connectivity index is 2.57. The van der Waals surface area contributed by atoms with E-state index in [0.29, 0.717) is 18.5 Å². The number of hydrogen-bond donors (Lipinski definition) is 2. The van der Waals surface area contributed by atoms with Crippen LogP contribution in [0.15, 0.2) is 6.07 Å². The Bertz CT molecular complexity index is 491. The monoisotopic (exact) mass is 274 g/mol. The molecule has 92 valence electrons. The Morgan fingerprint density at radius 2 is 2.18 bits per heavy atom. The minimum atomic E-state index is -0.599. The summed E-state index contributed by atoms with van der Waals surface area (Å²) >= 11 is 11.9. The maximum atomic E-state index is 11.8. The number of fused-ring (bicyclic) bond motifs is 1. The van der Waals surface area contributed by atoms with Crippen LogP contribution in [0.4, 0.5) is 0 Å². The lowest BCUT2D eigenvalue weighted by Gasteiger charge is -2.17. The molecule has 0 saturated heterocycles. The number of amides is 1. The number of carbonyl (C=O) groups excluding carboxylic acids is 1. The molecule has 0 spiro atoms. The summed E-state index contributed by atoms with van der Waals surface area (Å²) in [4.78, 5) is 13.3. The maximum Gasteiger partial charge on any atom is 0.239 e. The highest BCUT2D eigenvalue weighted by atomic mass is 35.5. The summed E-state index contributed by atoms with van der Waals surface area (Å²) in [5.74, 6) is -0.295. The molecule has 17 heavy (non-hydrogen) atoms. The van der Waals surface area contributed by atoms with Crippen molar-refractivity contribution in [3.05, 3.63) is 27.2 Å². The van der Waals surface area contributed by atoms with Crippen LogP contribution in [-0.2, 0) is 17.8 Å². The largest absolute Gasteiger partial charge is 0.505 e. The highest BCUT2D eigenvalue weighted by molar-refractivity contribution is 6.37. The summed E-state index contributed by atoms with van der Waals surface area (Å²) < 4.78 is 0. The zero-order valence-corrected chi connectivity index (χ0v) is 10.7. The first-order chi connectivity index (χ1) is 7.91. The number of hydrogen-bond acceptors (Lipinski definition) is 3. The van der Waals surface area contributed by atoms with E-state index in [0.717, 1.165) is 5.56 Å². The van der Waals surface area contributed by atoms with Crippen LogP contribution >= 0.6 is 23.2 Å². The minimum Gasteiger partial charge on any atom is -0.505 e. The quantitative estimate of drug-likeness (QED) is 0.754. The normalized spacial score (nSPS) is 20.1. The van der Waals surface area contributed by atoms with E-state index in [1.54, 1.807) is 13.1 Å². The van der Waals surface area contributed by atoms with Gasteiger partial charge in [0, 0.05) is 13.6 Å². The van der Waals surface area contributed by atoms with Gasteiger partial charge in [-0.05, 0) is 23.6 Å². The fourth-order valence-electron chi connectivity index (χ4n) is 1.97. The van der Waals surface area contributed by atoms with E-state index < -0.39 is 6.04 Å². The molecule has 0 fully saturated rings. The molecule has 0 aliphatic carbocycles. The molecule has 4 nitrogen and oxygen atoms in total. The molecule has 1 aliphatic rings. The van der Waals surface area contributed by atoms with E-state index in [-0.39, 0.29) is 21.7 Å². The first kappa shape index (κ1) is 12.5. The van der Waals surface area contributed by atoms with Gasteiger partial charge in [-0.1, -0.05) is 23.2 Å². The number of phenolic OH excluding ortho intramolecular Hbond substituents is 1. The van der Waals surface area contributed by atoms with Crippen molar-refractivity contribution < 1.29 is 9.90 Å². The van der Waals surface area contributed by atoms with Crippen LogP contribution in [0, 0.1) is 0 Å². The minimum absolute atomic E-state index is 0.145. The number of carbonyl (C=O) groups is 1. The average Bonchev–Trinajstić information content (AvgIpc) is 2.38. The molecule has 0 radical (unpaired) electrons. The lowest BCUT2D eigenvalue weighted by molar-refractivity contribution is -0.131. The SMILES string of the molecule is CN1Cc2c(cc(Cl)c(O)c2Cl)CC(N)C1=O. The van der Waals surface area contributed by atoms with Crippen molar-refractivity contribution >= 4 is 29.1 Å². The van der Waals surface area contributed by atoms with Gasteiger partial charge in [-0.3, -0.25) is 4.79 Å². The standard InChI is InChI=1S/C11H12Cl2N2O2/c1-15-4-6-5(3-8(14)11(15)17)2-7(12)10(16)9(6)13/h2,8,16H,3-4,14H2,1H3. The van der Waals surface area contributed by atoms with Crippen LogP contribution in [0.2, 0.25) is 10.0 Å². The van der Waals surface area contributed by atoms with Crippen LogP contribution in [0.1, 0.15) is 11.1 Å². The van der Waals surface area contributed by atoms with Gasteiger partial charge < -0.3 is 15.7 Å². The topological polar surface area (TPSA) is 66.6 Å². The highest BCUT2D eigenvalue weighted by Gasteiger charge is 2.27. The molecule has 1 aromatic carbocycles. The van der Waals surface area contributed by atoms with Gasteiger partial charge in [0.15, 0.2) is 5.75 Å². The van der Waals surface area contributed by atoms with E-state index in [2.05, 4.69) is 0 Å². The third-order valence-electron chi connectivity index (χ3n) is 2.92. The van der Waals surface area contributed by atoms with Crippen LogP contribution in [0.25, 0.3) is 0 Å². The average molecular weight is 275 g/mol. The van der Waals surface area contributed by atoms with Gasteiger partial charge in [-0.25, -0.2) is 0 Å². The Labute approximate surface area is 109 Å². The Morgan fingerprint density at radius 3 is 2.82 bits per heavy atom. The summed E-state index contributed by atoms with van der Waals surface area (Å²) in [5, 5.41) is 10.0. The molecule has 0 bridgehead atoms. The van der Waals surface area contributed by atoms with E-state index in [1.807, 2.05) is 0 Å². The number of nitrogens with zero attached hydrogens (tertiary/aromatic N) is 1. The van der Waals surface area contributed by atoms with Crippen LogP contribution < -0.4 is 5.73 Å². The molecule has 1 aromatic rings. The second-order valence-corrected chi connectivity index (χ2v) is 4.95. The third kappa shape index (κ3) is 2.08. The Morgan fingerprint density at radius 1 is 1.53 bits per heavy atom. The van der Waals surface area contributed by atoms with E-state index in [9.17, 15) is 9.90 Å². The lowest BCUT2D eigenvalue weighted by atomic mass is 10.0. The van der Waals surface area contributed by atoms with Gasteiger partial charge in [0.1, 0.15) is 0 Å². The third-order valence-corrected chi connectivity index (χ3v) is 3.61. The van der Waals surface area contributed by atoms with Crippen molar-refractivity contribution in [1.82, 2.24) is 4.90 Å². The molecule has 1 aliphatic heterocycles. The van der Waals surface area contributed by atoms with Gasteiger partial charge in [-0.15, -0.1) is 0 Å². The van der Waals surface area contributed by atoms with Crippen molar-refractivity contribution in [1.29, 1.82) is 0 Å². The van der Waals surface area contributed by atoms with Crippen molar-refractivity contribution in [3.8, 4) is 5.75 Å². The summed E-state index contributed by atoms with van der Waals surface area (Å²) in [5.41, 5.74) is 7.30. The van der Waals surface area contributed by atoms with Crippen LogP contribution in [0.5, 0.6) is 5.75 Å². The van der Waals surface area contributed by atoms with Gasteiger partial charge in [0.2, 0.25) is 5.91 Å². The number of nitrogens with two attached hydrogens (primary N) is 1. The first-order valence-electron chi connectivity index (χ1n) is 5.11. The molecule has 1 unspecified atom stereocenters. The summed E-state index contributed by atoms with van der Waals surface area (Å²) in [6, 6.07) is 1.02. The van der Waals surface area contributed by atoms with Crippen LogP contribution in [0.3, 0.4) is 0 Å².